The molecule has 0 bridgehead atoms. The minimum absolute atomic E-state index is 0.160. The Morgan fingerprint density at radius 2 is 2.41 bits per heavy atom. The van der Waals surface area contributed by atoms with Crippen molar-refractivity contribution < 1.29 is 9.90 Å². The molecule has 1 aromatic rings. The highest BCUT2D eigenvalue weighted by molar-refractivity contribution is 7.99. The molecule has 1 aliphatic rings. The van der Waals surface area contributed by atoms with Gasteiger partial charge in [-0.25, -0.2) is 4.98 Å². The van der Waals surface area contributed by atoms with Gasteiger partial charge in [0.05, 0.1) is 5.92 Å². The largest absolute Gasteiger partial charge is 0.481 e. The number of nitrogens with zero attached hydrogens (tertiary/aromatic N) is 1. The molecule has 1 saturated carbocycles. The van der Waals surface area contributed by atoms with Gasteiger partial charge in [0.1, 0.15) is 10.9 Å². The lowest BCUT2D eigenvalue weighted by molar-refractivity contribution is -0.140. The highest BCUT2D eigenvalue weighted by Crippen LogP contribution is 2.37. The van der Waals surface area contributed by atoms with Gasteiger partial charge in [0, 0.05) is 17.7 Å². The van der Waals surface area contributed by atoms with Crippen molar-refractivity contribution in [2.75, 3.05) is 5.75 Å². The number of thioether (sulfide) groups is 1. The predicted molar refractivity (Wildman–Crippen MR) is 64.4 cm³/mol. The van der Waals surface area contributed by atoms with Crippen LogP contribution < -0.4 is 5.56 Å². The molecule has 0 amide bonds. The highest BCUT2D eigenvalue weighted by atomic mass is 32.2. The van der Waals surface area contributed by atoms with Crippen LogP contribution in [0.4, 0.5) is 0 Å². The molecule has 1 unspecified atom stereocenters. The zero-order valence-electron chi connectivity index (χ0n) is 9.47. The minimum Gasteiger partial charge on any atom is -0.481 e. The molecule has 1 aliphatic carbocycles. The first kappa shape index (κ1) is 12.2. The molecule has 0 radical (unpaired) electrons. The van der Waals surface area contributed by atoms with Gasteiger partial charge in [-0.1, -0.05) is 6.92 Å². The van der Waals surface area contributed by atoms with Crippen LogP contribution in [-0.2, 0) is 4.79 Å². The second-order valence-electron chi connectivity index (χ2n) is 4.29. The van der Waals surface area contributed by atoms with Gasteiger partial charge in [-0.3, -0.25) is 9.59 Å². The molecule has 1 heterocycles. The Labute approximate surface area is 103 Å². The fraction of sp³-hybridized carbons (Fsp3) is 0.545. The predicted octanol–water partition coefficient (Wildman–Crippen LogP) is 1.46. The van der Waals surface area contributed by atoms with E-state index in [1.807, 2.05) is 0 Å². The number of aromatic nitrogens is 2. The summed E-state index contributed by atoms with van der Waals surface area (Å²) in [7, 11) is 0. The van der Waals surface area contributed by atoms with Gasteiger partial charge >= 0.3 is 5.97 Å². The van der Waals surface area contributed by atoms with Crippen molar-refractivity contribution in [3.63, 3.8) is 0 Å². The van der Waals surface area contributed by atoms with Crippen LogP contribution in [0.5, 0.6) is 0 Å². The maximum absolute atomic E-state index is 11.4. The Morgan fingerprint density at radius 1 is 1.71 bits per heavy atom. The smallest absolute Gasteiger partial charge is 0.307 e. The third-order valence-electron chi connectivity index (χ3n) is 2.60. The summed E-state index contributed by atoms with van der Waals surface area (Å²) in [4.78, 5) is 29.1. The molecule has 0 spiro atoms. The lowest BCUT2D eigenvalue weighted by Crippen LogP contribution is -2.13. The van der Waals surface area contributed by atoms with E-state index >= 15 is 0 Å². The summed E-state index contributed by atoms with van der Waals surface area (Å²) in [5.74, 6) is 0.286. The van der Waals surface area contributed by atoms with Crippen LogP contribution in [0.15, 0.2) is 15.9 Å². The summed E-state index contributed by atoms with van der Waals surface area (Å²) in [6.07, 6.45) is 2.14. The van der Waals surface area contributed by atoms with E-state index in [2.05, 4.69) is 9.97 Å². The maximum Gasteiger partial charge on any atom is 0.307 e. The topological polar surface area (TPSA) is 83.0 Å². The normalized spacial score (nSPS) is 16.8. The van der Waals surface area contributed by atoms with Gasteiger partial charge < -0.3 is 10.1 Å². The Bertz CT molecular complexity index is 482. The second-order valence-corrected chi connectivity index (χ2v) is 5.33. The lowest BCUT2D eigenvalue weighted by Gasteiger charge is -2.06. The first-order valence-corrected chi connectivity index (χ1v) is 6.51. The number of carboxylic acids is 1. The molecule has 0 saturated heterocycles. The molecule has 6 heteroatoms. The molecule has 1 fully saturated rings. The molecule has 92 valence electrons. The second kappa shape index (κ2) is 4.91. The molecule has 0 aromatic carbocycles. The summed E-state index contributed by atoms with van der Waals surface area (Å²) < 4.78 is 0. The van der Waals surface area contributed by atoms with E-state index in [0.717, 1.165) is 18.7 Å². The van der Waals surface area contributed by atoms with E-state index in [9.17, 15) is 9.59 Å². The number of hydrogen-bond acceptors (Lipinski definition) is 4. The van der Waals surface area contributed by atoms with E-state index in [1.54, 1.807) is 6.92 Å². The SMILES string of the molecule is CC(CSc1cc(=O)[nH]c(C2CC2)n1)C(=O)O. The van der Waals surface area contributed by atoms with Gasteiger partial charge in [-0.15, -0.1) is 11.8 Å². The van der Waals surface area contributed by atoms with Gasteiger partial charge in [0.2, 0.25) is 0 Å². The van der Waals surface area contributed by atoms with E-state index in [-0.39, 0.29) is 5.56 Å². The number of hydrogen-bond donors (Lipinski definition) is 2. The third kappa shape index (κ3) is 3.33. The van der Waals surface area contributed by atoms with Crippen LogP contribution >= 0.6 is 11.8 Å². The van der Waals surface area contributed by atoms with Crippen molar-refractivity contribution in [2.45, 2.75) is 30.7 Å². The van der Waals surface area contributed by atoms with Crippen molar-refractivity contribution in [1.29, 1.82) is 0 Å². The van der Waals surface area contributed by atoms with Crippen LogP contribution in [0.25, 0.3) is 0 Å². The van der Waals surface area contributed by atoms with Gasteiger partial charge in [-0.2, -0.15) is 0 Å². The number of H-pyrrole nitrogens is 1. The summed E-state index contributed by atoms with van der Waals surface area (Å²) in [5.41, 5.74) is -0.160. The number of carboxylic acid groups (broad SMARTS) is 1. The standard InChI is InChI=1S/C11H14N2O3S/c1-6(11(15)16)5-17-9-4-8(14)12-10(13-9)7-2-3-7/h4,6-7H,2-3,5H2,1H3,(H,15,16)(H,12,13,14). The summed E-state index contributed by atoms with van der Waals surface area (Å²) in [5, 5.41) is 9.38. The quantitative estimate of drug-likeness (QED) is 0.614. The van der Waals surface area contributed by atoms with E-state index < -0.39 is 11.9 Å². The van der Waals surface area contributed by atoms with Gasteiger partial charge in [0.25, 0.3) is 5.56 Å². The van der Waals surface area contributed by atoms with Crippen molar-refractivity contribution in [1.82, 2.24) is 9.97 Å². The molecule has 1 aromatic heterocycles. The molecular weight excluding hydrogens is 240 g/mol. The Kier molecular flexibility index (Phi) is 3.51. The van der Waals surface area contributed by atoms with Gasteiger partial charge in [0.15, 0.2) is 0 Å². The Balaban J connectivity index is 2.05. The van der Waals surface area contributed by atoms with Gasteiger partial charge in [-0.05, 0) is 12.8 Å². The fourth-order valence-corrected chi connectivity index (χ4v) is 2.28. The van der Waals surface area contributed by atoms with Crippen LogP contribution in [0.2, 0.25) is 0 Å². The van der Waals surface area contributed by atoms with Crippen molar-refractivity contribution >= 4 is 17.7 Å². The summed E-state index contributed by atoms with van der Waals surface area (Å²) >= 11 is 1.32. The molecule has 5 nitrogen and oxygen atoms in total. The Hall–Kier alpha value is -1.30. The van der Waals surface area contributed by atoms with Crippen LogP contribution in [0.1, 0.15) is 31.5 Å². The van der Waals surface area contributed by atoms with Crippen LogP contribution in [-0.4, -0.2) is 26.8 Å². The Morgan fingerprint density at radius 3 is 3.00 bits per heavy atom. The molecule has 2 N–H and O–H groups in total. The maximum atomic E-state index is 11.4. The zero-order chi connectivity index (χ0) is 12.4. The third-order valence-corrected chi connectivity index (χ3v) is 3.77. The monoisotopic (exact) mass is 254 g/mol. The molecular formula is C11H14N2O3S. The zero-order valence-corrected chi connectivity index (χ0v) is 10.3. The molecule has 17 heavy (non-hydrogen) atoms. The number of aromatic amines is 1. The van der Waals surface area contributed by atoms with E-state index in [4.69, 9.17) is 5.11 Å². The average molecular weight is 254 g/mol. The fourth-order valence-electron chi connectivity index (χ4n) is 1.36. The van der Waals surface area contributed by atoms with E-state index in [0.29, 0.717) is 16.7 Å². The lowest BCUT2D eigenvalue weighted by atomic mass is 10.2. The van der Waals surface area contributed by atoms with Crippen molar-refractivity contribution in [2.24, 2.45) is 5.92 Å². The highest BCUT2D eigenvalue weighted by Gasteiger charge is 2.26. The van der Waals surface area contributed by atoms with E-state index in [1.165, 1.54) is 17.8 Å². The molecule has 2 rings (SSSR count). The molecule has 1 atom stereocenters. The molecule has 0 aliphatic heterocycles. The minimum atomic E-state index is -0.829. The number of rotatable bonds is 5. The van der Waals surface area contributed by atoms with Crippen LogP contribution in [0, 0.1) is 5.92 Å². The number of aliphatic carboxylic acids is 1. The summed E-state index contributed by atoms with van der Waals surface area (Å²) in [6.45, 7) is 1.64. The average Bonchev–Trinajstić information content (AvgIpc) is 3.08. The first-order valence-electron chi connectivity index (χ1n) is 5.53. The van der Waals surface area contributed by atoms with Crippen molar-refractivity contribution in [3.8, 4) is 0 Å². The number of nitrogens with one attached hydrogen (secondary N) is 1. The number of carbonyl (C=O) groups is 1. The first-order chi connectivity index (χ1) is 8.06. The summed E-state index contributed by atoms with van der Waals surface area (Å²) in [6, 6.07) is 1.42. The van der Waals surface area contributed by atoms with Crippen LogP contribution in [0.3, 0.4) is 0 Å². The van der Waals surface area contributed by atoms with Crippen molar-refractivity contribution in [3.05, 3.63) is 22.2 Å².